The van der Waals surface area contributed by atoms with Gasteiger partial charge in [-0.15, -0.1) is 4.33 Å². The average Bonchev–Trinajstić information content (AvgIpc) is 1.35. The Balaban J connectivity index is -0.000000125. The number of quaternary nitrogens is 1. The van der Waals surface area contributed by atoms with Gasteiger partial charge in [0, 0.05) is 17.1 Å². The molecule has 0 bridgehead atoms. The molecule has 0 aliphatic rings. The molecule has 0 heterocycles. The maximum absolute atomic E-state index is 8.97. The average molecular weight is 187 g/mol. The van der Waals surface area contributed by atoms with E-state index in [4.69, 9.17) is 18.2 Å². The fraction of sp³-hybridized carbons (Fsp3) is 0. The van der Waals surface area contributed by atoms with Crippen molar-refractivity contribution in [3.63, 3.8) is 0 Å². The van der Waals surface area contributed by atoms with E-state index < -0.39 is 10.4 Å². The van der Waals surface area contributed by atoms with Gasteiger partial charge >= 0.3 is 0 Å². The van der Waals surface area contributed by atoms with Gasteiger partial charge in [0.05, 0.1) is 0 Å². The molecule has 0 rings (SSSR count). The van der Waals surface area contributed by atoms with Crippen LogP contribution in [-0.4, -0.2) is 18.2 Å². The summed E-state index contributed by atoms with van der Waals surface area (Å²) in [6.45, 7) is 0. The van der Waals surface area contributed by atoms with Gasteiger partial charge in [0.15, 0.2) is 0 Å². The summed E-state index contributed by atoms with van der Waals surface area (Å²) in [5.41, 5.74) is 0. The Morgan fingerprint density at radius 1 is 1.50 bits per heavy atom. The van der Waals surface area contributed by atoms with Crippen molar-refractivity contribution >= 4 is 10.4 Å². The molecule has 8 heteroatoms. The molecule has 0 aliphatic heterocycles. The second kappa shape index (κ2) is 5.45. The van der Waals surface area contributed by atoms with E-state index in [1.54, 1.807) is 0 Å². The quantitative estimate of drug-likeness (QED) is 0.185. The van der Waals surface area contributed by atoms with Crippen LogP contribution in [0.2, 0.25) is 0 Å². The maximum Gasteiger partial charge on any atom is 0.245 e. The third kappa shape index (κ3) is 16.2. The van der Waals surface area contributed by atoms with E-state index >= 15 is 0 Å². The zero-order valence-electron chi connectivity index (χ0n) is 3.84. The molecule has 0 fully saturated rings. The van der Waals surface area contributed by atoms with E-state index in [1.165, 1.54) is 0 Å². The van der Waals surface area contributed by atoms with Crippen molar-refractivity contribution in [3.8, 4) is 0 Å². The zero-order chi connectivity index (χ0) is 5.21. The van der Waals surface area contributed by atoms with Crippen LogP contribution in [0, 0.1) is 0 Å². The van der Waals surface area contributed by atoms with Gasteiger partial charge in [-0.3, -0.25) is 0 Å². The van der Waals surface area contributed by atoms with Crippen LogP contribution >= 0.6 is 0 Å². The van der Waals surface area contributed by atoms with E-state index in [1.807, 2.05) is 0 Å². The van der Waals surface area contributed by atoms with Crippen LogP contribution in [0.15, 0.2) is 0 Å². The largest absolute Gasteiger partial charge is 0.724 e. The molecule has 0 atom stereocenters. The molecule has 0 aliphatic carbocycles. The molecular weight excluding hydrogens is 182 g/mol. The zero-order valence-corrected chi connectivity index (χ0v) is 5.76. The van der Waals surface area contributed by atoms with Crippen LogP contribution in [0.3, 0.4) is 0 Å². The van der Waals surface area contributed by atoms with E-state index in [-0.39, 0.29) is 23.2 Å². The SMILES string of the molecule is O=S(=O)([O-])OO.[Fe].[NH4+]. The van der Waals surface area contributed by atoms with Gasteiger partial charge < -0.3 is 10.7 Å². The first-order valence-corrected chi connectivity index (χ1v) is 2.18. The Morgan fingerprint density at radius 3 is 1.62 bits per heavy atom. The first kappa shape index (κ1) is 15.7. The van der Waals surface area contributed by atoms with Crippen molar-refractivity contribution in [1.82, 2.24) is 6.15 Å². The van der Waals surface area contributed by atoms with E-state index in [0.717, 1.165) is 0 Å². The van der Waals surface area contributed by atoms with Crippen molar-refractivity contribution in [1.29, 1.82) is 0 Å². The van der Waals surface area contributed by atoms with Crippen LogP contribution in [0.1, 0.15) is 0 Å². The first-order valence-electron chi connectivity index (χ1n) is 0.849. The summed E-state index contributed by atoms with van der Waals surface area (Å²) in [5.74, 6) is 0. The predicted octanol–water partition coefficient (Wildman–Crippen LogP) is -0.690. The Bertz CT molecular complexity index is 114. The van der Waals surface area contributed by atoms with Crippen molar-refractivity contribution < 1.29 is 39.6 Å². The molecule has 0 amide bonds. The van der Waals surface area contributed by atoms with Gasteiger partial charge in [0.1, 0.15) is 0 Å². The third-order valence-electron chi connectivity index (χ3n) is 0.0913. The Kier molecular flexibility index (Phi) is 10.7. The summed E-state index contributed by atoms with van der Waals surface area (Å²) in [4.78, 5) is 0. The Morgan fingerprint density at radius 2 is 1.62 bits per heavy atom. The van der Waals surface area contributed by atoms with Gasteiger partial charge in [-0.2, -0.15) is 0 Å². The molecule has 0 saturated carbocycles. The molecule has 0 radical (unpaired) electrons. The van der Waals surface area contributed by atoms with Crippen LogP contribution < -0.4 is 6.15 Å². The van der Waals surface area contributed by atoms with E-state index in [0.29, 0.717) is 0 Å². The van der Waals surface area contributed by atoms with Crippen LogP contribution in [-0.2, 0) is 31.8 Å². The molecular formula is H5FeNO5S. The number of hydrogen-bond donors (Lipinski definition) is 2. The van der Waals surface area contributed by atoms with Crippen LogP contribution in [0.4, 0.5) is 0 Å². The maximum atomic E-state index is 8.97. The minimum Gasteiger partial charge on any atom is -0.724 e. The standard InChI is InChI=1S/Fe.H3N.H2O5S/c;;1-5-6(2,3)4/h;1H3;1H,(H,2,3,4). The smallest absolute Gasteiger partial charge is 0.245 e. The third-order valence-corrected chi connectivity index (χ3v) is 0.274. The topological polar surface area (TPSA) is 123 Å². The molecule has 0 spiro atoms. The molecule has 5 N–H and O–H groups in total. The predicted molar refractivity (Wildman–Crippen MR) is 19.4 cm³/mol. The first-order chi connectivity index (χ1) is 2.56. The second-order valence-corrected chi connectivity index (χ2v) is 1.45. The molecule has 0 aromatic carbocycles. The van der Waals surface area contributed by atoms with Gasteiger partial charge in [-0.1, -0.05) is 0 Å². The number of rotatable bonds is 1. The molecule has 54 valence electrons. The summed E-state index contributed by atoms with van der Waals surface area (Å²) in [7, 11) is -4.86. The summed E-state index contributed by atoms with van der Waals surface area (Å²) in [6, 6.07) is 0. The monoisotopic (exact) mass is 187 g/mol. The minimum absolute atomic E-state index is 0. The molecule has 6 nitrogen and oxygen atoms in total. The van der Waals surface area contributed by atoms with Crippen molar-refractivity contribution in [2.24, 2.45) is 0 Å². The number of hydrogen-bond acceptors (Lipinski definition) is 5. The molecule has 0 aromatic heterocycles. The summed E-state index contributed by atoms with van der Waals surface area (Å²) in [5, 5.41) is 7.00. The molecule has 0 unspecified atom stereocenters. The molecule has 8 heavy (non-hydrogen) atoms. The normalized spacial score (nSPS) is 8.75. The summed E-state index contributed by atoms with van der Waals surface area (Å²) < 4.78 is 29.3. The van der Waals surface area contributed by atoms with Crippen molar-refractivity contribution in [2.75, 3.05) is 0 Å². The Labute approximate surface area is 56.8 Å². The van der Waals surface area contributed by atoms with Crippen molar-refractivity contribution in [2.45, 2.75) is 0 Å². The second-order valence-electron chi connectivity index (χ2n) is 0.483. The summed E-state index contributed by atoms with van der Waals surface area (Å²) in [6.07, 6.45) is 0. The Hall–Kier alpha value is 0.309. The van der Waals surface area contributed by atoms with Gasteiger partial charge in [-0.05, 0) is 0 Å². The van der Waals surface area contributed by atoms with E-state index in [9.17, 15) is 0 Å². The van der Waals surface area contributed by atoms with Crippen molar-refractivity contribution in [3.05, 3.63) is 0 Å². The minimum atomic E-state index is -4.86. The summed E-state index contributed by atoms with van der Waals surface area (Å²) >= 11 is 0. The van der Waals surface area contributed by atoms with Gasteiger partial charge in [0.25, 0.3) is 0 Å². The van der Waals surface area contributed by atoms with Crippen LogP contribution in [0.5, 0.6) is 0 Å². The fourth-order valence-corrected chi connectivity index (χ4v) is 0. The molecule has 0 saturated heterocycles. The fourth-order valence-electron chi connectivity index (χ4n) is 0. The van der Waals surface area contributed by atoms with E-state index in [2.05, 4.69) is 4.33 Å². The van der Waals surface area contributed by atoms with Gasteiger partial charge in [0.2, 0.25) is 10.4 Å². The van der Waals surface area contributed by atoms with Crippen LogP contribution in [0.25, 0.3) is 0 Å². The van der Waals surface area contributed by atoms with Gasteiger partial charge in [-0.25, -0.2) is 13.7 Å². The molecule has 0 aromatic rings.